The first kappa shape index (κ1) is 21.1. The molecule has 0 aliphatic carbocycles. The minimum Gasteiger partial charge on any atom is -0.489 e. The summed E-state index contributed by atoms with van der Waals surface area (Å²) in [4.78, 5) is 17.2. The van der Waals surface area contributed by atoms with Crippen molar-refractivity contribution in [1.82, 2.24) is 15.0 Å². The van der Waals surface area contributed by atoms with Crippen molar-refractivity contribution in [2.45, 2.75) is 27.0 Å². The minimum atomic E-state index is -0.376. The van der Waals surface area contributed by atoms with Gasteiger partial charge in [-0.15, -0.1) is 0 Å². The van der Waals surface area contributed by atoms with E-state index >= 15 is 0 Å². The van der Waals surface area contributed by atoms with Crippen LogP contribution in [0.15, 0.2) is 53.1 Å². The second-order valence-electron chi connectivity index (χ2n) is 7.87. The third kappa shape index (κ3) is 5.11. The largest absolute Gasteiger partial charge is 0.489 e. The van der Waals surface area contributed by atoms with Crippen LogP contribution in [0.4, 0.5) is 4.39 Å². The van der Waals surface area contributed by atoms with Crippen LogP contribution in [0.25, 0.3) is 0 Å². The van der Waals surface area contributed by atoms with Crippen LogP contribution in [0.1, 0.15) is 32.9 Å². The molecule has 4 rings (SSSR count). The predicted octanol–water partition coefficient (Wildman–Crippen LogP) is 3.97. The molecule has 7 heteroatoms. The summed E-state index contributed by atoms with van der Waals surface area (Å²) in [5.74, 6) is 0.380. The summed E-state index contributed by atoms with van der Waals surface area (Å²) in [6.07, 6.45) is 0. The van der Waals surface area contributed by atoms with E-state index in [1.165, 1.54) is 23.3 Å². The van der Waals surface area contributed by atoms with Crippen molar-refractivity contribution in [3.8, 4) is 5.75 Å². The second-order valence-corrected chi connectivity index (χ2v) is 7.87. The average Bonchev–Trinajstić information content (AvgIpc) is 3.14. The van der Waals surface area contributed by atoms with Gasteiger partial charge in [-0.1, -0.05) is 41.1 Å². The molecule has 0 unspecified atom stereocenters. The lowest BCUT2D eigenvalue weighted by Gasteiger charge is -2.34. The van der Waals surface area contributed by atoms with Crippen molar-refractivity contribution in [3.05, 3.63) is 82.5 Å². The number of aromatic nitrogens is 1. The minimum absolute atomic E-state index is 0.0905. The van der Waals surface area contributed by atoms with Crippen LogP contribution in [0, 0.1) is 19.7 Å². The Labute approximate surface area is 181 Å². The topological polar surface area (TPSA) is 58.8 Å². The molecular formula is C24H26FN3O3. The smallest absolute Gasteiger partial charge is 0.276 e. The first-order valence-electron chi connectivity index (χ1n) is 10.4. The Kier molecular flexibility index (Phi) is 6.32. The molecule has 0 spiro atoms. The van der Waals surface area contributed by atoms with E-state index in [0.29, 0.717) is 30.2 Å². The Morgan fingerprint density at radius 1 is 1.10 bits per heavy atom. The number of halogens is 1. The molecule has 0 saturated carbocycles. The SMILES string of the molecule is Cc1ccc(CN2CCN(C(=O)c3noc(C)c3COc3cccc(F)c3)CC2)cc1. The van der Waals surface area contributed by atoms with Gasteiger partial charge in [0.1, 0.15) is 23.9 Å². The van der Waals surface area contributed by atoms with E-state index in [4.69, 9.17) is 9.26 Å². The number of benzene rings is 2. The zero-order valence-electron chi connectivity index (χ0n) is 17.8. The molecule has 1 aliphatic rings. The first-order valence-corrected chi connectivity index (χ1v) is 10.4. The quantitative estimate of drug-likeness (QED) is 0.601. The van der Waals surface area contributed by atoms with Gasteiger partial charge < -0.3 is 14.2 Å². The Morgan fingerprint density at radius 3 is 2.55 bits per heavy atom. The normalized spacial score (nSPS) is 14.6. The molecule has 162 valence electrons. The van der Waals surface area contributed by atoms with Crippen LogP contribution in [0.3, 0.4) is 0 Å². The Morgan fingerprint density at radius 2 is 1.84 bits per heavy atom. The highest BCUT2D eigenvalue weighted by Gasteiger charge is 2.28. The van der Waals surface area contributed by atoms with Crippen LogP contribution in [-0.4, -0.2) is 47.0 Å². The molecule has 1 saturated heterocycles. The van der Waals surface area contributed by atoms with Crippen LogP contribution in [-0.2, 0) is 13.2 Å². The first-order chi connectivity index (χ1) is 15.0. The van der Waals surface area contributed by atoms with Crippen molar-refractivity contribution < 1.29 is 18.4 Å². The maximum absolute atomic E-state index is 13.4. The van der Waals surface area contributed by atoms with E-state index in [2.05, 4.69) is 41.2 Å². The van der Waals surface area contributed by atoms with Gasteiger partial charge in [0.25, 0.3) is 5.91 Å². The van der Waals surface area contributed by atoms with E-state index < -0.39 is 0 Å². The summed E-state index contributed by atoms with van der Waals surface area (Å²) in [6.45, 7) is 7.63. The van der Waals surface area contributed by atoms with Gasteiger partial charge in [-0.3, -0.25) is 9.69 Å². The number of rotatable bonds is 6. The van der Waals surface area contributed by atoms with Gasteiger partial charge in [0.2, 0.25) is 0 Å². The maximum atomic E-state index is 13.4. The molecule has 6 nitrogen and oxygen atoms in total. The number of ether oxygens (including phenoxy) is 1. The van der Waals surface area contributed by atoms with Crippen LogP contribution >= 0.6 is 0 Å². The molecule has 1 aliphatic heterocycles. The lowest BCUT2D eigenvalue weighted by Crippen LogP contribution is -2.48. The van der Waals surface area contributed by atoms with E-state index in [-0.39, 0.29) is 24.0 Å². The number of carbonyl (C=O) groups is 1. The molecular weight excluding hydrogens is 397 g/mol. The Bertz CT molecular complexity index is 1040. The zero-order valence-corrected chi connectivity index (χ0v) is 17.8. The fourth-order valence-corrected chi connectivity index (χ4v) is 3.65. The monoisotopic (exact) mass is 423 g/mol. The summed E-state index contributed by atoms with van der Waals surface area (Å²) in [7, 11) is 0. The number of amides is 1. The summed E-state index contributed by atoms with van der Waals surface area (Å²) in [6, 6.07) is 14.4. The predicted molar refractivity (Wildman–Crippen MR) is 114 cm³/mol. The van der Waals surface area contributed by atoms with Crippen molar-refractivity contribution >= 4 is 5.91 Å². The zero-order chi connectivity index (χ0) is 21.8. The number of aryl methyl sites for hydroxylation is 2. The molecule has 31 heavy (non-hydrogen) atoms. The van der Waals surface area contributed by atoms with Gasteiger partial charge in [0.05, 0.1) is 5.56 Å². The Balaban J connectivity index is 1.36. The molecule has 0 bridgehead atoms. The Hall–Kier alpha value is -3.19. The van der Waals surface area contributed by atoms with Crippen LogP contribution < -0.4 is 4.74 Å². The molecule has 3 aromatic rings. The van der Waals surface area contributed by atoms with Gasteiger partial charge >= 0.3 is 0 Å². The highest BCUT2D eigenvalue weighted by molar-refractivity contribution is 5.93. The third-order valence-electron chi connectivity index (χ3n) is 5.55. The lowest BCUT2D eigenvalue weighted by atomic mass is 10.1. The highest BCUT2D eigenvalue weighted by Crippen LogP contribution is 2.21. The molecule has 2 aromatic carbocycles. The number of hydrogen-bond donors (Lipinski definition) is 0. The number of hydrogen-bond acceptors (Lipinski definition) is 5. The van der Waals surface area contributed by atoms with Gasteiger partial charge in [0, 0.05) is 38.8 Å². The second kappa shape index (κ2) is 9.31. The van der Waals surface area contributed by atoms with E-state index in [1.807, 2.05) is 0 Å². The van der Waals surface area contributed by atoms with Crippen LogP contribution in [0.2, 0.25) is 0 Å². The van der Waals surface area contributed by atoms with E-state index in [9.17, 15) is 9.18 Å². The molecule has 1 amide bonds. The van der Waals surface area contributed by atoms with Crippen molar-refractivity contribution in [1.29, 1.82) is 0 Å². The van der Waals surface area contributed by atoms with E-state index in [1.54, 1.807) is 24.0 Å². The van der Waals surface area contributed by atoms with Crippen LogP contribution in [0.5, 0.6) is 5.75 Å². The van der Waals surface area contributed by atoms with Crippen molar-refractivity contribution in [2.75, 3.05) is 26.2 Å². The summed E-state index contributed by atoms with van der Waals surface area (Å²) in [5, 5.41) is 3.98. The summed E-state index contributed by atoms with van der Waals surface area (Å²) >= 11 is 0. The third-order valence-corrected chi connectivity index (χ3v) is 5.55. The standard InChI is InChI=1S/C24H26FN3O3/c1-17-6-8-19(9-7-17)15-27-10-12-28(13-11-27)24(29)23-22(18(2)31-26-23)16-30-21-5-3-4-20(25)14-21/h3-9,14H,10-13,15-16H2,1-2H3. The summed E-state index contributed by atoms with van der Waals surface area (Å²) in [5.41, 5.74) is 3.38. The van der Waals surface area contributed by atoms with E-state index in [0.717, 1.165) is 19.6 Å². The maximum Gasteiger partial charge on any atom is 0.276 e. The fourth-order valence-electron chi connectivity index (χ4n) is 3.65. The van der Waals surface area contributed by atoms with Gasteiger partial charge in [-0.05, 0) is 31.5 Å². The highest BCUT2D eigenvalue weighted by atomic mass is 19.1. The van der Waals surface area contributed by atoms with Gasteiger partial charge in [0.15, 0.2) is 5.69 Å². The molecule has 1 aromatic heterocycles. The number of piperazine rings is 1. The van der Waals surface area contributed by atoms with Crippen molar-refractivity contribution in [2.24, 2.45) is 0 Å². The fraction of sp³-hybridized carbons (Fsp3) is 0.333. The molecule has 0 atom stereocenters. The number of nitrogens with zero attached hydrogens (tertiary/aromatic N) is 3. The molecule has 1 fully saturated rings. The number of carbonyl (C=O) groups excluding carboxylic acids is 1. The lowest BCUT2D eigenvalue weighted by molar-refractivity contribution is 0.0616. The van der Waals surface area contributed by atoms with Crippen molar-refractivity contribution in [3.63, 3.8) is 0 Å². The summed E-state index contributed by atoms with van der Waals surface area (Å²) < 4.78 is 24.3. The van der Waals surface area contributed by atoms with Gasteiger partial charge in [-0.25, -0.2) is 4.39 Å². The molecule has 0 radical (unpaired) electrons. The van der Waals surface area contributed by atoms with Gasteiger partial charge in [-0.2, -0.15) is 0 Å². The average molecular weight is 423 g/mol. The molecule has 2 heterocycles. The molecule has 0 N–H and O–H groups in total.